The number of fused-ring (bicyclic) bond motifs is 1. The molecule has 3 aromatic rings. The molecule has 1 aromatic carbocycles. The van der Waals surface area contributed by atoms with Crippen molar-refractivity contribution in [3.8, 4) is 5.82 Å². The Morgan fingerprint density at radius 1 is 1.23 bits per heavy atom. The molecule has 2 aromatic heterocycles. The molecule has 2 heterocycles. The molecule has 1 amide bonds. The van der Waals surface area contributed by atoms with E-state index in [1.54, 1.807) is 31.5 Å². The van der Waals surface area contributed by atoms with Gasteiger partial charge in [-0.2, -0.15) is 10.2 Å². The van der Waals surface area contributed by atoms with Crippen LogP contribution in [0.15, 0.2) is 42.7 Å². The maximum atomic E-state index is 11.3. The Bertz CT molecular complexity index is 952. The fourth-order valence-corrected chi connectivity index (χ4v) is 3.23. The smallest absolute Gasteiger partial charge is 0.217 e. The fraction of sp³-hybridized carbons (Fsp3) is 0.222. The van der Waals surface area contributed by atoms with Gasteiger partial charge in [-0.05, 0) is 48.2 Å². The van der Waals surface area contributed by atoms with E-state index in [-0.39, 0.29) is 11.9 Å². The molecule has 0 radical (unpaired) electrons. The van der Waals surface area contributed by atoms with Gasteiger partial charge in [-0.25, -0.2) is 4.98 Å². The van der Waals surface area contributed by atoms with Crippen LogP contribution in [0.5, 0.6) is 0 Å². The van der Waals surface area contributed by atoms with Crippen molar-refractivity contribution in [2.45, 2.75) is 25.8 Å². The minimum absolute atomic E-state index is 0.00827. The summed E-state index contributed by atoms with van der Waals surface area (Å²) < 4.78 is 0. The summed E-state index contributed by atoms with van der Waals surface area (Å²) in [6.07, 6.45) is 5.03. The number of nitrogens with zero attached hydrogens (tertiary/aromatic N) is 4. The summed E-state index contributed by atoms with van der Waals surface area (Å²) in [5, 5.41) is 14.4. The Morgan fingerprint density at radius 3 is 2.81 bits per heavy atom. The lowest BCUT2D eigenvalue weighted by molar-refractivity contribution is -0.119. The summed E-state index contributed by atoms with van der Waals surface area (Å²) in [6.45, 7) is 1.55. The summed E-state index contributed by atoms with van der Waals surface area (Å²) in [5.74, 6) is 1.13. The third-order valence-corrected chi connectivity index (χ3v) is 4.40. The predicted octanol–water partition coefficient (Wildman–Crippen LogP) is 2.11. The SMILES string of the molecule is CC(=O)NC1CCc2cc(Nc3nc(-n4nccn4)ccc3N)ccc21. The predicted molar refractivity (Wildman–Crippen MR) is 98.2 cm³/mol. The summed E-state index contributed by atoms with van der Waals surface area (Å²) in [5.41, 5.74) is 9.88. The lowest BCUT2D eigenvalue weighted by Crippen LogP contribution is -2.24. The third-order valence-electron chi connectivity index (χ3n) is 4.40. The van der Waals surface area contributed by atoms with Gasteiger partial charge in [0.25, 0.3) is 0 Å². The zero-order chi connectivity index (χ0) is 18.1. The molecule has 0 aliphatic heterocycles. The molecule has 26 heavy (non-hydrogen) atoms. The number of carbonyl (C=O) groups is 1. The minimum atomic E-state index is -0.00827. The van der Waals surface area contributed by atoms with Crippen LogP contribution < -0.4 is 16.4 Å². The van der Waals surface area contributed by atoms with Gasteiger partial charge in [0.05, 0.1) is 24.1 Å². The summed E-state index contributed by atoms with van der Waals surface area (Å²) in [6, 6.07) is 9.72. The van der Waals surface area contributed by atoms with Gasteiger partial charge in [0.15, 0.2) is 11.6 Å². The highest BCUT2D eigenvalue weighted by molar-refractivity contribution is 5.74. The van der Waals surface area contributed by atoms with Gasteiger partial charge in [0, 0.05) is 12.6 Å². The number of anilines is 3. The highest BCUT2D eigenvalue weighted by atomic mass is 16.1. The van der Waals surface area contributed by atoms with E-state index in [2.05, 4.69) is 31.9 Å². The molecule has 1 aliphatic carbocycles. The van der Waals surface area contributed by atoms with Gasteiger partial charge in [-0.1, -0.05) is 6.07 Å². The molecule has 0 fully saturated rings. The highest BCUT2D eigenvalue weighted by Gasteiger charge is 2.23. The monoisotopic (exact) mass is 349 g/mol. The average molecular weight is 349 g/mol. The summed E-state index contributed by atoms with van der Waals surface area (Å²) in [7, 11) is 0. The maximum absolute atomic E-state index is 11.3. The molecule has 4 rings (SSSR count). The Balaban J connectivity index is 1.59. The number of aromatic nitrogens is 4. The number of rotatable bonds is 4. The molecule has 1 atom stereocenters. The maximum Gasteiger partial charge on any atom is 0.217 e. The van der Waals surface area contributed by atoms with E-state index in [1.165, 1.54) is 15.9 Å². The van der Waals surface area contributed by atoms with Crippen LogP contribution in [0.3, 0.4) is 0 Å². The number of nitrogens with two attached hydrogens (primary N) is 1. The van der Waals surface area contributed by atoms with Crippen LogP contribution in [0, 0.1) is 0 Å². The topological polar surface area (TPSA) is 111 Å². The van der Waals surface area contributed by atoms with E-state index in [1.807, 2.05) is 12.1 Å². The Labute approximate surface area is 150 Å². The van der Waals surface area contributed by atoms with Gasteiger partial charge in [-0.3, -0.25) is 4.79 Å². The second-order valence-electron chi connectivity index (χ2n) is 6.26. The van der Waals surface area contributed by atoms with Gasteiger partial charge < -0.3 is 16.4 Å². The van der Waals surface area contributed by atoms with Crippen molar-refractivity contribution in [1.29, 1.82) is 0 Å². The van der Waals surface area contributed by atoms with Crippen LogP contribution >= 0.6 is 0 Å². The van der Waals surface area contributed by atoms with E-state index < -0.39 is 0 Å². The van der Waals surface area contributed by atoms with Crippen LogP contribution in [-0.4, -0.2) is 25.9 Å². The van der Waals surface area contributed by atoms with Crippen molar-refractivity contribution in [3.63, 3.8) is 0 Å². The van der Waals surface area contributed by atoms with E-state index in [9.17, 15) is 4.79 Å². The van der Waals surface area contributed by atoms with Crippen molar-refractivity contribution in [2.75, 3.05) is 11.1 Å². The largest absolute Gasteiger partial charge is 0.396 e. The van der Waals surface area contributed by atoms with E-state index in [4.69, 9.17) is 5.73 Å². The summed E-state index contributed by atoms with van der Waals surface area (Å²) >= 11 is 0. The zero-order valence-electron chi connectivity index (χ0n) is 14.3. The molecule has 0 bridgehead atoms. The van der Waals surface area contributed by atoms with Gasteiger partial charge in [0.2, 0.25) is 5.91 Å². The Morgan fingerprint density at radius 2 is 2.04 bits per heavy atom. The lowest BCUT2D eigenvalue weighted by atomic mass is 10.1. The molecule has 1 unspecified atom stereocenters. The van der Waals surface area contributed by atoms with E-state index in [0.29, 0.717) is 17.3 Å². The average Bonchev–Trinajstić information content (AvgIpc) is 3.27. The third kappa shape index (κ3) is 3.08. The molecule has 0 saturated heterocycles. The fourth-order valence-electron chi connectivity index (χ4n) is 3.23. The highest BCUT2D eigenvalue weighted by Crippen LogP contribution is 2.34. The number of carbonyl (C=O) groups excluding carboxylic acids is 1. The van der Waals surface area contributed by atoms with Crippen molar-refractivity contribution in [2.24, 2.45) is 0 Å². The van der Waals surface area contributed by atoms with Crippen LogP contribution in [0.25, 0.3) is 5.82 Å². The molecule has 1 aliphatic rings. The Kier molecular flexibility index (Phi) is 4.00. The van der Waals surface area contributed by atoms with E-state index >= 15 is 0 Å². The van der Waals surface area contributed by atoms with Gasteiger partial charge >= 0.3 is 0 Å². The number of pyridine rings is 1. The summed E-state index contributed by atoms with van der Waals surface area (Å²) in [4.78, 5) is 17.3. The number of benzene rings is 1. The van der Waals surface area contributed by atoms with E-state index in [0.717, 1.165) is 18.5 Å². The number of aryl methyl sites for hydroxylation is 1. The van der Waals surface area contributed by atoms with Crippen molar-refractivity contribution < 1.29 is 4.79 Å². The normalized spacial score (nSPS) is 15.5. The molecular formula is C18H19N7O. The van der Waals surface area contributed by atoms with Crippen LogP contribution in [0.4, 0.5) is 17.2 Å². The standard InChI is InChI=1S/C18H19N7O/c1-11(26)22-16-6-2-12-10-13(3-4-14(12)16)23-18-15(19)5-7-17(24-18)25-20-8-9-21-25/h3-5,7-10,16H,2,6,19H2,1H3,(H,22,26)(H,23,24). The quantitative estimate of drug-likeness (QED) is 0.665. The molecular weight excluding hydrogens is 330 g/mol. The zero-order valence-corrected chi connectivity index (χ0v) is 14.3. The van der Waals surface area contributed by atoms with Gasteiger partial charge in [0.1, 0.15) is 0 Å². The first-order valence-electron chi connectivity index (χ1n) is 8.40. The van der Waals surface area contributed by atoms with Crippen LogP contribution in [0.2, 0.25) is 0 Å². The number of amides is 1. The van der Waals surface area contributed by atoms with Crippen molar-refractivity contribution in [1.82, 2.24) is 25.3 Å². The van der Waals surface area contributed by atoms with Crippen LogP contribution in [0.1, 0.15) is 30.5 Å². The molecule has 8 heteroatoms. The molecule has 132 valence electrons. The molecule has 8 nitrogen and oxygen atoms in total. The van der Waals surface area contributed by atoms with Crippen molar-refractivity contribution in [3.05, 3.63) is 53.9 Å². The number of hydrogen-bond donors (Lipinski definition) is 3. The van der Waals surface area contributed by atoms with Gasteiger partial charge in [-0.15, -0.1) is 4.80 Å². The molecule has 0 saturated carbocycles. The lowest BCUT2D eigenvalue weighted by Gasteiger charge is -2.14. The first-order chi connectivity index (χ1) is 12.6. The van der Waals surface area contributed by atoms with Crippen molar-refractivity contribution >= 4 is 23.1 Å². The first kappa shape index (κ1) is 16.1. The molecule has 0 spiro atoms. The Hall–Kier alpha value is -3.42. The number of nitrogen functional groups attached to an aromatic ring is 1. The minimum Gasteiger partial charge on any atom is -0.396 e. The number of hydrogen-bond acceptors (Lipinski definition) is 6. The second-order valence-corrected chi connectivity index (χ2v) is 6.26. The molecule has 4 N–H and O–H groups in total. The second kappa shape index (κ2) is 6.47. The first-order valence-corrected chi connectivity index (χ1v) is 8.40. The number of nitrogens with one attached hydrogen (secondary N) is 2. The van der Waals surface area contributed by atoms with Crippen LogP contribution in [-0.2, 0) is 11.2 Å².